The normalized spacial score (nSPS) is 26.4. The van der Waals surface area contributed by atoms with Crippen molar-refractivity contribution in [3.05, 3.63) is 0 Å². The van der Waals surface area contributed by atoms with Crippen LogP contribution in [-0.2, 0) is 4.79 Å². The second kappa shape index (κ2) is 5.47. The van der Waals surface area contributed by atoms with Crippen molar-refractivity contribution in [1.29, 1.82) is 0 Å². The monoisotopic (exact) mass is 266 g/mol. The number of nitrogens with one attached hydrogen (secondary N) is 2. The van der Waals surface area contributed by atoms with E-state index in [1.165, 1.54) is 6.92 Å². The molecule has 1 aliphatic rings. The molecule has 0 aromatic heterocycles. The molecule has 1 fully saturated rings. The highest BCUT2D eigenvalue weighted by Gasteiger charge is 2.44. The Morgan fingerprint density at radius 2 is 2.00 bits per heavy atom. The zero-order valence-corrected chi connectivity index (χ0v) is 11.0. The first-order valence-electron chi connectivity index (χ1n) is 6.26. The third-order valence-electron chi connectivity index (χ3n) is 3.66. The molecular weight excluding hydrogens is 245 g/mol. The van der Waals surface area contributed by atoms with Crippen LogP contribution in [0.1, 0.15) is 33.6 Å². The smallest absolute Gasteiger partial charge is 0.353 e. The predicted molar refractivity (Wildman–Crippen MR) is 63.0 cm³/mol. The minimum Gasteiger partial charge on any atom is -0.353 e. The number of amides is 1. The van der Waals surface area contributed by atoms with Crippen molar-refractivity contribution in [1.82, 2.24) is 10.6 Å². The molecule has 6 heteroatoms. The lowest BCUT2D eigenvalue weighted by Crippen LogP contribution is -2.49. The Hall–Kier alpha value is -0.780. The molecule has 106 valence electrons. The fraction of sp³-hybridized carbons (Fsp3) is 0.917. The summed E-state index contributed by atoms with van der Waals surface area (Å²) < 4.78 is 36.7. The van der Waals surface area contributed by atoms with E-state index in [1.807, 2.05) is 13.8 Å². The number of hydrogen-bond acceptors (Lipinski definition) is 2. The van der Waals surface area contributed by atoms with Gasteiger partial charge in [-0.3, -0.25) is 4.79 Å². The van der Waals surface area contributed by atoms with Crippen molar-refractivity contribution in [2.45, 2.75) is 45.8 Å². The Balaban J connectivity index is 2.63. The fourth-order valence-corrected chi connectivity index (χ4v) is 2.43. The van der Waals surface area contributed by atoms with Gasteiger partial charge >= 0.3 is 6.18 Å². The summed E-state index contributed by atoms with van der Waals surface area (Å²) in [6.07, 6.45) is -4.55. The van der Waals surface area contributed by atoms with Crippen LogP contribution in [0.25, 0.3) is 0 Å². The third kappa shape index (κ3) is 3.60. The molecule has 0 saturated carbocycles. The summed E-state index contributed by atoms with van der Waals surface area (Å²) in [7, 11) is 0. The standard InChI is InChI=1S/C12H21F3N2O/c1-8(2)11(4-5-16-7-11)10(18)17-9(3)6-12(13,14)15/h8-9,16H,4-7H2,1-3H3,(H,17,18). The van der Waals surface area contributed by atoms with Gasteiger partial charge in [-0.05, 0) is 25.8 Å². The molecule has 0 radical (unpaired) electrons. The highest BCUT2D eigenvalue weighted by molar-refractivity contribution is 5.83. The van der Waals surface area contributed by atoms with Gasteiger partial charge in [-0.25, -0.2) is 0 Å². The average molecular weight is 266 g/mol. The van der Waals surface area contributed by atoms with E-state index in [0.717, 1.165) is 6.54 Å². The number of hydrogen-bond donors (Lipinski definition) is 2. The summed E-state index contributed by atoms with van der Waals surface area (Å²) in [6, 6.07) is -0.881. The maximum atomic E-state index is 12.2. The summed E-state index contributed by atoms with van der Waals surface area (Å²) >= 11 is 0. The van der Waals surface area contributed by atoms with Crippen molar-refractivity contribution >= 4 is 5.91 Å². The Morgan fingerprint density at radius 3 is 2.39 bits per heavy atom. The minimum atomic E-state index is -4.24. The van der Waals surface area contributed by atoms with Crippen molar-refractivity contribution in [3.8, 4) is 0 Å². The zero-order chi connectivity index (χ0) is 14.0. The molecule has 0 bridgehead atoms. The topological polar surface area (TPSA) is 41.1 Å². The molecular formula is C12H21F3N2O. The van der Waals surface area contributed by atoms with Gasteiger partial charge in [-0.15, -0.1) is 0 Å². The van der Waals surface area contributed by atoms with E-state index >= 15 is 0 Å². The van der Waals surface area contributed by atoms with Crippen molar-refractivity contribution in [3.63, 3.8) is 0 Å². The van der Waals surface area contributed by atoms with Crippen LogP contribution in [0, 0.1) is 11.3 Å². The van der Waals surface area contributed by atoms with Crippen LogP contribution in [-0.4, -0.2) is 31.2 Å². The fourth-order valence-electron chi connectivity index (χ4n) is 2.43. The van der Waals surface area contributed by atoms with Crippen LogP contribution in [0.5, 0.6) is 0 Å². The summed E-state index contributed by atoms with van der Waals surface area (Å²) in [5, 5.41) is 5.62. The molecule has 1 aliphatic heterocycles. The average Bonchev–Trinajstić information content (AvgIpc) is 2.63. The van der Waals surface area contributed by atoms with E-state index in [0.29, 0.717) is 13.0 Å². The van der Waals surface area contributed by atoms with Crippen LogP contribution >= 0.6 is 0 Å². The van der Waals surface area contributed by atoms with Gasteiger partial charge in [0.05, 0.1) is 11.8 Å². The zero-order valence-electron chi connectivity index (χ0n) is 11.0. The number of halogens is 3. The number of alkyl halides is 3. The summed E-state index contributed by atoms with van der Waals surface area (Å²) in [5.41, 5.74) is -0.570. The van der Waals surface area contributed by atoms with E-state index < -0.39 is 24.1 Å². The lowest BCUT2D eigenvalue weighted by Gasteiger charge is -2.32. The lowest BCUT2D eigenvalue weighted by molar-refractivity contribution is -0.144. The van der Waals surface area contributed by atoms with Crippen LogP contribution in [0.15, 0.2) is 0 Å². The van der Waals surface area contributed by atoms with Crippen LogP contribution in [0.3, 0.4) is 0 Å². The molecule has 1 heterocycles. The minimum absolute atomic E-state index is 0.102. The van der Waals surface area contributed by atoms with Crippen molar-refractivity contribution in [2.24, 2.45) is 11.3 Å². The first-order chi connectivity index (χ1) is 8.17. The van der Waals surface area contributed by atoms with Gasteiger partial charge in [0.1, 0.15) is 0 Å². The molecule has 0 aliphatic carbocycles. The van der Waals surface area contributed by atoms with Gasteiger partial charge in [-0.1, -0.05) is 13.8 Å². The molecule has 2 unspecified atom stereocenters. The summed E-state index contributed by atoms with van der Waals surface area (Å²) in [4.78, 5) is 12.2. The predicted octanol–water partition coefficient (Wildman–Crippen LogP) is 2.08. The SMILES string of the molecule is CC(CC(F)(F)F)NC(=O)C1(C(C)C)CCNC1. The molecule has 1 amide bonds. The molecule has 2 N–H and O–H groups in total. The second-order valence-corrected chi connectivity index (χ2v) is 5.43. The molecule has 1 saturated heterocycles. The molecule has 0 spiro atoms. The highest BCUT2D eigenvalue weighted by Crippen LogP contribution is 2.34. The number of carbonyl (C=O) groups excluding carboxylic acids is 1. The molecule has 1 rings (SSSR count). The Bertz CT molecular complexity index is 296. The second-order valence-electron chi connectivity index (χ2n) is 5.43. The van der Waals surface area contributed by atoms with E-state index in [9.17, 15) is 18.0 Å². The van der Waals surface area contributed by atoms with Crippen LogP contribution in [0.2, 0.25) is 0 Å². The molecule has 2 atom stereocenters. The molecule has 18 heavy (non-hydrogen) atoms. The molecule has 3 nitrogen and oxygen atoms in total. The largest absolute Gasteiger partial charge is 0.391 e. The lowest BCUT2D eigenvalue weighted by atomic mass is 9.75. The highest BCUT2D eigenvalue weighted by atomic mass is 19.4. The van der Waals surface area contributed by atoms with E-state index in [4.69, 9.17) is 0 Å². The quantitative estimate of drug-likeness (QED) is 0.818. The van der Waals surface area contributed by atoms with Gasteiger partial charge in [0.2, 0.25) is 5.91 Å². The third-order valence-corrected chi connectivity index (χ3v) is 3.66. The van der Waals surface area contributed by atoms with Crippen LogP contribution in [0.4, 0.5) is 13.2 Å². The maximum Gasteiger partial charge on any atom is 0.391 e. The van der Waals surface area contributed by atoms with Crippen molar-refractivity contribution in [2.75, 3.05) is 13.1 Å². The van der Waals surface area contributed by atoms with Gasteiger partial charge in [0, 0.05) is 12.6 Å². The van der Waals surface area contributed by atoms with Gasteiger partial charge in [-0.2, -0.15) is 13.2 Å². The molecule has 0 aromatic rings. The summed E-state index contributed by atoms with van der Waals surface area (Å²) in [5.74, 6) is -0.162. The maximum absolute atomic E-state index is 12.2. The van der Waals surface area contributed by atoms with Crippen LogP contribution < -0.4 is 10.6 Å². The van der Waals surface area contributed by atoms with E-state index in [-0.39, 0.29) is 11.8 Å². The first kappa shape index (κ1) is 15.3. The van der Waals surface area contributed by atoms with E-state index in [2.05, 4.69) is 10.6 Å². The Kier molecular flexibility index (Phi) is 4.64. The van der Waals surface area contributed by atoms with Gasteiger partial charge < -0.3 is 10.6 Å². The number of carbonyl (C=O) groups is 1. The first-order valence-corrected chi connectivity index (χ1v) is 6.26. The Morgan fingerprint density at radius 1 is 1.39 bits per heavy atom. The Labute approximate surface area is 106 Å². The molecule has 0 aromatic carbocycles. The number of rotatable bonds is 4. The summed E-state index contributed by atoms with van der Waals surface area (Å²) in [6.45, 7) is 6.53. The van der Waals surface area contributed by atoms with E-state index in [1.54, 1.807) is 0 Å². The van der Waals surface area contributed by atoms with Gasteiger partial charge in [0.25, 0.3) is 0 Å². The van der Waals surface area contributed by atoms with Crippen molar-refractivity contribution < 1.29 is 18.0 Å². The van der Waals surface area contributed by atoms with Gasteiger partial charge in [0.15, 0.2) is 0 Å².